The first-order valence-electron chi connectivity index (χ1n) is 8.37. The molecule has 4 aromatic heterocycles. The maximum atomic E-state index is 5.31. The zero-order valence-corrected chi connectivity index (χ0v) is 13.8. The smallest absolute Gasteiger partial charge is 0.224 e. The van der Waals surface area contributed by atoms with Crippen molar-refractivity contribution in [2.45, 2.75) is 25.0 Å². The zero-order valence-electron chi connectivity index (χ0n) is 13.8. The van der Waals surface area contributed by atoms with Crippen molar-refractivity contribution in [2.75, 3.05) is 12.4 Å². The predicted octanol–water partition coefficient (Wildman–Crippen LogP) is 2.86. The van der Waals surface area contributed by atoms with Crippen molar-refractivity contribution in [3.63, 3.8) is 0 Å². The second-order valence-electron chi connectivity index (χ2n) is 6.44. The van der Waals surface area contributed by atoms with Gasteiger partial charge in [0.05, 0.1) is 11.6 Å². The number of ether oxygens (including phenoxy) is 1. The van der Waals surface area contributed by atoms with Gasteiger partial charge >= 0.3 is 0 Å². The summed E-state index contributed by atoms with van der Waals surface area (Å²) in [5.41, 5.74) is 4.10. The second kappa shape index (κ2) is 5.56. The number of nitrogens with zero attached hydrogens (tertiary/aromatic N) is 4. The number of nitrogens with one attached hydrogen (secondary N) is 2. The van der Waals surface area contributed by atoms with E-state index in [0.717, 1.165) is 40.5 Å². The molecule has 4 heterocycles. The Morgan fingerprint density at radius 3 is 3.12 bits per heavy atom. The van der Waals surface area contributed by atoms with Crippen LogP contribution in [0.2, 0.25) is 0 Å². The Morgan fingerprint density at radius 2 is 2.24 bits per heavy atom. The molecule has 7 heteroatoms. The van der Waals surface area contributed by atoms with Crippen LogP contribution in [0.4, 0.5) is 5.95 Å². The first kappa shape index (κ1) is 14.4. The van der Waals surface area contributed by atoms with E-state index < -0.39 is 0 Å². The lowest BCUT2D eigenvalue weighted by Gasteiger charge is -2.34. The highest BCUT2D eigenvalue weighted by Gasteiger charge is 2.29. The molecule has 0 unspecified atom stereocenters. The lowest BCUT2D eigenvalue weighted by molar-refractivity contribution is 0.0327. The number of aromatic nitrogens is 5. The molecule has 0 aliphatic heterocycles. The van der Waals surface area contributed by atoms with Crippen LogP contribution in [0.15, 0.2) is 43.0 Å². The van der Waals surface area contributed by atoms with Gasteiger partial charge < -0.3 is 15.0 Å². The molecule has 1 fully saturated rings. The van der Waals surface area contributed by atoms with Gasteiger partial charge in [0.2, 0.25) is 5.95 Å². The Labute approximate surface area is 144 Å². The van der Waals surface area contributed by atoms with E-state index >= 15 is 0 Å². The van der Waals surface area contributed by atoms with Crippen LogP contribution in [0.25, 0.3) is 27.7 Å². The van der Waals surface area contributed by atoms with Gasteiger partial charge in [-0.1, -0.05) is 0 Å². The standard InChI is InChI=1S/C18H18N6O/c1-25-14-7-12(8-14)22-18-20-10-16-15(9-19-17(16)23-18)11-3-5-24-13(6-11)2-4-21-24/h2-6,9-10,12,14H,7-8H2,1H3,(H2,19,20,22,23)/t12-,14+. The maximum Gasteiger partial charge on any atom is 0.224 e. The number of rotatable bonds is 4. The molecule has 0 aromatic carbocycles. The molecule has 0 bridgehead atoms. The van der Waals surface area contributed by atoms with Crippen LogP contribution in [0, 0.1) is 0 Å². The Kier molecular flexibility index (Phi) is 3.21. The highest BCUT2D eigenvalue weighted by molar-refractivity contribution is 5.94. The summed E-state index contributed by atoms with van der Waals surface area (Å²) in [7, 11) is 1.76. The Hall–Kier alpha value is -2.93. The van der Waals surface area contributed by atoms with Crippen molar-refractivity contribution in [3.8, 4) is 11.1 Å². The summed E-state index contributed by atoms with van der Waals surface area (Å²) >= 11 is 0. The van der Waals surface area contributed by atoms with Crippen molar-refractivity contribution in [3.05, 3.63) is 43.0 Å². The van der Waals surface area contributed by atoms with Crippen LogP contribution in [0.3, 0.4) is 0 Å². The predicted molar refractivity (Wildman–Crippen MR) is 95.5 cm³/mol. The molecule has 0 radical (unpaired) electrons. The van der Waals surface area contributed by atoms with Gasteiger partial charge in [0.15, 0.2) is 0 Å². The third-order valence-electron chi connectivity index (χ3n) is 4.90. The molecular formula is C18H18N6O. The number of methoxy groups -OCH3 is 1. The number of fused-ring (bicyclic) bond motifs is 2. The minimum atomic E-state index is 0.358. The van der Waals surface area contributed by atoms with Gasteiger partial charge in [-0.15, -0.1) is 0 Å². The van der Waals surface area contributed by atoms with E-state index in [1.165, 1.54) is 0 Å². The van der Waals surface area contributed by atoms with Crippen LogP contribution < -0.4 is 5.32 Å². The number of anilines is 1. The minimum absolute atomic E-state index is 0.358. The van der Waals surface area contributed by atoms with Gasteiger partial charge in [-0.3, -0.25) is 0 Å². The van der Waals surface area contributed by atoms with E-state index in [1.54, 1.807) is 13.3 Å². The topological polar surface area (TPSA) is 80.1 Å². The molecule has 1 saturated carbocycles. The molecule has 0 saturated heterocycles. The molecule has 2 N–H and O–H groups in total. The van der Waals surface area contributed by atoms with E-state index in [2.05, 4.69) is 31.4 Å². The molecule has 5 rings (SSSR count). The van der Waals surface area contributed by atoms with E-state index in [1.807, 2.05) is 35.2 Å². The normalized spacial score (nSPS) is 20.0. The van der Waals surface area contributed by atoms with Crippen LogP contribution >= 0.6 is 0 Å². The maximum absolute atomic E-state index is 5.31. The highest BCUT2D eigenvalue weighted by Crippen LogP contribution is 2.29. The average molecular weight is 334 g/mol. The van der Waals surface area contributed by atoms with Crippen molar-refractivity contribution in [1.29, 1.82) is 0 Å². The third kappa shape index (κ3) is 2.44. The summed E-state index contributed by atoms with van der Waals surface area (Å²) in [6.07, 6.45) is 9.97. The minimum Gasteiger partial charge on any atom is -0.381 e. The largest absolute Gasteiger partial charge is 0.381 e. The summed E-state index contributed by atoms with van der Waals surface area (Å²) in [6, 6.07) is 6.54. The number of hydrogen-bond donors (Lipinski definition) is 2. The van der Waals surface area contributed by atoms with E-state index in [-0.39, 0.29) is 0 Å². The highest BCUT2D eigenvalue weighted by atomic mass is 16.5. The molecule has 0 amide bonds. The summed E-state index contributed by atoms with van der Waals surface area (Å²) in [4.78, 5) is 12.4. The monoisotopic (exact) mass is 334 g/mol. The number of H-pyrrole nitrogens is 1. The Balaban J connectivity index is 1.45. The summed E-state index contributed by atoms with van der Waals surface area (Å²) in [5, 5.41) is 8.62. The SMILES string of the molecule is CO[C@H]1C[C@@H](Nc2ncc3c(-c4ccn5nccc5c4)c[nH]c3n2)C1. The first-order valence-corrected chi connectivity index (χ1v) is 8.37. The van der Waals surface area contributed by atoms with Crippen LogP contribution in [0.1, 0.15) is 12.8 Å². The second-order valence-corrected chi connectivity index (χ2v) is 6.44. The van der Waals surface area contributed by atoms with Gasteiger partial charge in [-0.2, -0.15) is 10.1 Å². The fourth-order valence-electron chi connectivity index (χ4n) is 3.36. The molecule has 0 spiro atoms. The van der Waals surface area contributed by atoms with Crippen molar-refractivity contribution in [2.24, 2.45) is 0 Å². The van der Waals surface area contributed by atoms with Crippen molar-refractivity contribution in [1.82, 2.24) is 24.6 Å². The van der Waals surface area contributed by atoms with E-state index in [9.17, 15) is 0 Å². The molecule has 1 aliphatic carbocycles. The van der Waals surface area contributed by atoms with Gasteiger partial charge in [0.25, 0.3) is 0 Å². The molecule has 1 aliphatic rings. The molecule has 126 valence electrons. The van der Waals surface area contributed by atoms with Crippen LogP contribution in [-0.4, -0.2) is 43.8 Å². The lowest BCUT2D eigenvalue weighted by Crippen LogP contribution is -2.40. The molecule has 4 aromatic rings. The number of pyridine rings is 1. The quantitative estimate of drug-likeness (QED) is 0.600. The molecule has 7 nitrogen and oxygen atoms in total. The van der Waals surface area contributed by atoms with Crippen molar-refractivity contribution >= 4 is 22.5 Å². The zero-order chi connectivity index (χ0) is 16.8. The van der Waals surface area contributed by atoms with E-state index in [4.69, 9.17) is 4.74 Å². The number of aromatic amines is 1. The Morgan fingerprint density at radius 1 is 1.32 bits per heavy atom. The number of hydrogen-bond acceptors (Lipinski definition) is 5. The first-order chi connectivity index (χ1) is 12.3. The summed E-state index contributed by atoms with van der Waals surface area (Å²) in [6.45, 7) is 0. The van der Waals surface area contributed by atoms with Gasteiger partial charge in [-0.25, -0.2) is 9.50 Å². The average Bonchev–Trinajstić information content (AvgIpc) is 3.23. The molecular weight excluding hydrogens is 316 g/mol. The fraction of sp³-hybridized carbons (Fsp3) is 0.278. The lowest BCUT2D eigenvalue weighted by atomic mass is 9.89. The van der Waals surface area contributed by atoms with Crippen molar-refractivity contribution < 1.29 is 4.74 Å². The molecule has 0 atom stereocenters. The third-order valence-corrected chi connectivity index (χ3v) is 4.90. The van der Waals surface area contributed by atoms with Gasteiger partial charge in [0.1, 0.15) is 5.65 Å². The van der Waals surface area contributed by atoms with Gasteiger partial charge in [0, 0.05) is 48.9 Å². The van der Waals surface area contributed by atoms with Crippen LogP contribution in [-0.2, 0) is 4.74 Å². The Bertz CT molecular complexity index is 1050. The summed E-state index contributed by atoms with van der Waals surface area (Å²) < 4.78 is 7.16. The van der Waals surface area contributed by atoms with Crippen LogP contribution in [0.5, 0.6) is 0 Å². The van der Waals surface area contributed by atoms with Gasteiger partial charge in [-0.05, 0) is 36.6 Å². The molecule has 25 heavy (non-hydrogen) atoms. The van der Waals surface area contributed by atoms with E-state index in [0.29, 0.717) is 18.1 Å². The summed E-state index contributed by atoms with van der Waals surface area (Å²) in [5.74, 6) is 0.659. The fourth-order valence-corrected chi connectivity index (χ4v) is 3.36.